The van der Waals surface area contributed by atoms with E-state index in [1.54, 1.807) is 61.8 Å². The molecule has 5 aromatic rings. The molecule has 9 heteroatoms. The second-order valence-corrected chi connectivity index (χ2v) is 10.0. The van der Waals surface area contributed by atoms with Gasteiger partial charge in [0.25, 0.3) is 5.91 Å². The van der Waals surface area contributed by atoms with Gasteiger partial charge in [-0.25, -0.2) is 0 Å². The molecule has 1 amide bonds. The Bertz CT molecular complexity index is 1700. The highest BCUT2D eigenvalue weighted by Gasteiger charge is 2.17. The Morgan fingerprint density at radius 2 is 1.59 bits per heavy atom. The topological polar surface area (TPSA) is 119 Å². The van der Waals surface area contributed by atoms with Crippen LogP contribution in [0.1, 0.15) is 22.3 Å². The lowest BCUT2D eigenvalue weighted by atomic mass is 10.1. The number of hydrogen-bond donors (Lipinski definition) is 3. The van der Waals surface area contributed by atoms with Crippen molar-refractivity contribution in [1.29, 1.82) is 0 Å². The molecule has 0 spiro atoms. The Morgan fingerprint density at radius 3 is 2.30 bits per heavy atom. The van der Waals surface area contributed by atoms with Gasteiger partial charge in [0.15, 0.2) is 11.5 Å². The Balaban J connectivity index is 1.19. The van der Waals surface area contributed by atoms with Crippen LogP contribution in [0.15, 0.2) is 109 Å². The van der Waals surface area contributed by atoms with Crippen LogP contribution in [0.2, 0.25) is 0 Å². The van der Waals surface area contributed by atoms with Gasteiger partial charge in [0.2, 0.25) is 0 Å². The number of fused-ring (bicyclic) bond motifs is 1. The predicted octanol–water partition coefficient (Wildman–Crippen LogP) is 6.34. The van der Waals surface area contributed by atoms with Crippen molar-refractivity contribution in [2.75, 3.05) is 25.6 Å². The summed E-state index contributed by atoms with van der Waals surface area (Å²) < 4.78 is 17.8. The molecule has 0 fully saturated rings. The third kappa shape index (κ3) is 7.90. The fraction of sp³-hybridized carbons (Fsp3) is 0.171. The number of nitrogens with zero attached hydrogens (tertiary/aromatic N) is 1. The zero-order valence-corrected chi connectivity index (χ0v) is 24.2. The van der Waals surface area contributed by atoms with E-state index in [0.29, 0.717) is 65.8 Å². The van der Waals surface area contributed by atoms with Crippen molar-refractivity contribution in [3.63, 3.8) is 0 Å². The van der Waals surface area contributed by atoms with Gasteiger partial charge in [-0.2, -0.15) is 0 Å². The Labute approximate surface area is 255 Å². The summed E-state index contributed by atoms with van der Waals surface area (Å²) >= 11 is 0. The maximum absolute atomic E-state index is 12.4. The number of amides is 1. The number of aliphatic carboxylic acids is 1. The number of carboxylic acids is 1. The standard InChI is InChI=1S/C35H33N3O6/c1-42-32-22-28-29(23-33(32)43-20-8-18-36-30(35(40)41)21-24-9-4-2-5-10-24)37-19-17-31(28)44-27-15-13-26(14-16-27)38-34(39)25-11-6-3-7-12-25/h2-7,9-17,19,22-23,30,36H,8,18,20-21H2,1H3,(H,38,39)(H,40,41). The fourth-order valence-corrected chi connectivity index (χ4v) is 4.64. The van der Waals surface area contributed by atoms with Gasteiger partial charge < -0.3 is 30.0 Å². The van der Waals surface area contributed by atoms with Crippen LogP contribution in [-0.4, -0.2) is 48.3 Å². The highest BCUT2D eigenvalue weighted by molar-refractivity contribution is 6.04. The molecule has 0 bridgehead atoms. The van der Waals surface area contributed by atoms with Crippen LogP contribution in [0, 0.1) is 0 Å². The number of benzene rings is 4. The third-order valence-corrected chi connectivity index (χ3v) is 6.91. The van der Waals surface area contributed by atoms with Crippen molar-refractivity contribution in [3.8, 4) is 23.0 Å². The maximum Gasteiger partial charge on any atom is 0.321 e. The number of methoxy groups -OCH3 is 1. The zero-order chi connectivity index (χ0) is 30.7. The van der Waals surface area contributed by atoms with Crippen molar-refractivity contribution >= 4 is 28.5 Å². The number of carboxylic acid groups (broad SMARTS) is 1. The predicted molar refractivity (Wildman–Crippen MR) is 169 cm³/mol. The van der Waals surface area contributed by atoms with E-state index in [4.69, 9.17) is 14.2 Å². The average molecular weight is 592 g/mol. The van der Waals surface area contributed by atoms with Crippen molar-refractivity contribution < 1.29 is 28.9 Å². The number of carbonyl (C=O) groups is 2. The summed E-state index contributed by atoms with van der Waals surface area (Å²) in [6.07, 6.45) is 2.66. The monoisotopic (exact) mass is 591 g/mol. The fourth-order valence-electron chi connectivity index (χ4n) is 4.64. The van der Waals surface area contributed by atoms with E-state index in [2.05, 4.69) is 15.6 Å². The minimum atomic E-state index is -0.888. The number of pyridine rings is 1. The second kappa shape index (κ2) is 14.7. The maximum atomic E-state index is 12.4. The molecule has 1 heterocycles. The van der Waals surface area contributed by atoms with Gasteiger partial charge in [-0.1, -0.05) is 48.5 Å². The molecular weight excluding hydrogens is 558 g/mol. The Kier molecular flexibility index (Phi) is 10.0. The van der Waals surface area contributed by atoms with E-state index in [9.17, 15) is 14.7 Å². The van der Waals surface area contributed by atoms with Crippen LogP contribution >= 0.6 is 0 Å². The summed E-state index contributed by atoms with van der Waals surface area (Å²) in [5.74, 6) is 1.16. The molecule has 0 aliphatic rings. The van der Waals surface area contributed by atoms with E-state index in [0.717, 1.165) is 10.9 Å². The van der Waals surface area contributed by atoms with Crippen LogP contribution in [0.3, 0.4) is 0 Å². The minimum absolute atomic E-state index is 0.187. The van der Waals surface area contributed by atoms with Crippen molar-refractivity contribution in [2.24, 2.45) is 0 Å². The van der Waals surface area contributed by atoms with Gasteiger partial charge in [-0.15, -0.1) is 0 Å². The number of hydrogen-bond acceptors (Lipinski definition) is 7. The van der Waals surface area contributed by atoms with E-state index < -0.39 is 12.0 Å². The van der Waals surface area contributed by atoms with Gasteiger partial charge in [-0.3, -0.25) is 14.6 Å². The molecule has 0 aliphatic carbocycles. The molecule has 1 aromatic heterocycles. The molecule has 224 valence electrons. The van der Waals surface area contributed by atoms with Gasteiger partial charge in [0, 0.05) is 28.9 Å². The van der Waals surface area contributed by atoms with Gasteiger partial charge in [0.05, 0.1) is 19.2 Å². The lowest BCUT2D eigenvalue weighted by Crippen LogP contribution is -2.39. The number of ether oxygens (including phenoxy) is 3. The van der Waals surface area contributed by atoms with Crippen molar-refractivity contribution in [2.45, 2.75) is 18.9 Å². The molecular formula is C35H33N3O6. The first-order valence-electron chi connectivity index (χ1n) is 14.2. The molecule has 0 aliphatic heterocycles. The summed E-state index contributed by atoms with van der Waals surface area (Å²) in [5, 5.41) is 16.3. The molecule has 0 radical (unpaired) electrons. The normalized spacial score (nSPS) is 11.5. The van der Waals surface area contributed by atoms with Gasteiger partial charge >= 0.3 is 5.97 Å². The molecule has 1 unspecified atom stereocenters. The third-order valence-electron chi connectivity index (χ3n) is 6.91. The van der Waals surface area contributed by atoms with Crippen molar-refractivity contribution in [3.05, 3.63) is 120 Å². The van der Waals surface area contributed by atoms with Crippen LogP contribution < -0.4 is 24.8 Å². The Hall–Kier alpha value is -5.41. The molecule has 4 aromatic carbocycles. The average Bonchev–Trinajstić information content (AvgIpc) is 3.05. The van der Waals surface area contributed by atoms with Gasteiger partial charge in [0.1, 0.15) is 17.5 Å². The zero-order valence-electron chi connectivity index (χ0n) is 24.2. The summed E-state index contributed by atoms with van der Waals surface area (Å²) in [5.41, 5.74) is 2.86. The molecule has 44 heavy (non-hydrogen) atoms. The number of rotatable bonds is 14. The van der Waals surface area contributed by atoms with Crippen LogP contribution in [0.4, 0.5) is 5.69 Å². The van der Waals surface area contributed by atoms with E-state index in [-0.39, 0.29) is 5.91 Å². The molecule has 0 saturated carbocycles. The molecule has 1 atom stereocenters. The summed E-state index contributed by atoms with van der Waals surface area (Å²) in [6.45, 7) is 0.834. The Morgan fingerprint density at radius 1 is 0.864 bits per heavy atom. The summed E-state index contributed by atoms with van der Waals surface area (Å²) in [4.78, 5) is 28.6. The number of carbonyl (C=O) groups excluding carboxylic acids is 1. The van der Waals surface area contributed by atoms with Crippen LogP contribution in [-0.2, 0) is 11.2 Å². The number of aromatic nitrogens is 1. The molecule has 9 nitrogen and oxygen atoms in total. The largest absolute Gasteiger partial charge is 0.493 e. The number of nitrogens with one attached hydrogen (secondary N) is 2. The quantitative estimate of drug-likeness (QED) is 0.128. The SMILES string of the molecule is COc1cc2c(Oc3ccc(NC(=O)c4ccccc4)cc3)ccnc2cc1OCCCNC(Cc1ccccc1)C(=O)O. The second-order valence-electron chi connectivity index (χ2n) is 10.0. The minimum Gasteiger partial charge on any atom is -0.493 e. The smallest absolute Gasteiger partial charge is 0.321 e. The first-order valence-corrected chi connectivity index (χ1v) is 14.2. The molecule has 0 saturated heterocycles. The molecule has 3 N–H and O–H groups in total. The van der Waals surface area contributed by atoms with E-state index >= 15 is 0 Å². The van der Waals surface area contributed by atoms with Gasteiger partial charge in [-0.05, 0) is 73.5 Å². The highest BCUT2D eigenvalue weighted by Crippen LogP contribution is 2.37. The van der Waals surface area contributed by atoms with E-state index in [1.165, 1.54) is 0 Å². The van der Waals surface area contributed by atoms with E-state index in [1.807, 2.05) is 54.6 Å². The lowest BCUT2D eigenvalue weighted by Gasteiger charge is -2.16. The molecule has 5 rings (SSSR count). The first kappa shape index (κ1) is 30.1. The van der Waals surface area contributed by atoms with Crippen molar-refractivity contribution in [1.82, 2.24) is 10.3 Å². The van der Waals surface area contributed by atoms with Crippen LogP contribution in [0.5, 0.6) is 23.0 Å². The lowest BCUT2D eigenvalue weighted by molar-refractivity contribution is -0.139. The summed E-state index contributed by atoms with van der Waals surface area (Å²) in [6, 6.07) is 30.4. The van der Waals surface area contributed by atoms with Crippen LogP contribution in [0.25, 0.3) is 10.9 Å². The number of anilines is 1. The summed E-state index contributed by atoms with van der Waals surface area (Å²) in [7, 11) is 1.57. The first-order chi connectivity index (χ1) is 21.5. The highest BCUT2D eigenvalue weighted by atomic mass is 16.5.